The molecule has 0 aliphatic heterocycles. The van der Waals surface area contributed by atoms with Gasteiger partial charge in [-0.25, -0.2) is 0 Å². The molecule has 0 aliphatic rings. The van der Waals surface area contributed by atoms with Crippen LogP contribution >= 0.6 is 0 Å². The molecule has 0 fully saturated rings. The van der Waals surface area contributed by atoms with Gasteiger partial charge < -0.3 is 0 Å². The smallest absolute Gasteiger partial charge is 0.0708 e. The third kappa shape index (κ3) is 1.47. The fraction of sp³-hybridized carbons (Fsp3) is 0. The highest BCUT2D eigenvalue weighted by Gasteiger charge is 2.02. The SMILES string of the molecule is [c]1ccc(-c2ccccn2)c2ccccc12. The van der Waals surface area contributed by atoms with Gasteiger partial charge in [-0.15, -0.1) is 0 Å². The number of hydrogen-bond donors (Lipinski definition) is 0. The summed E-state index contributed by atoms with van der Waals surface area (Å²) >= 11 is 0. The Balaban J connectivity index is 2.32. The zero-order valence-electron chi connectivity index (χ0n) is 8.72. The maximum atomic E-state index is 4.39. The number of fused-ring (bicyclic) bond motifs is 1. The van der Waals surface area contributed by atoms with Crippen LogP contribution in [0.5, 0.6) is 0 Å². The molecule has 0 aliphatic carbocycles. The summed E-state index contributed by atoms with van der Waals surface area (Å²) in [5, 5.41) is 2.33. The van der Waals surface area contributed by atoms with Crippen molar-refractivity contribution in [1.82, 2.24) is 4.98 Å². The number of benzene rings is 2. The molecule has 0 unspecified atom stereocenters. The molecular formula is C15H10N. The minimum absolute atomic E-state index is 1.01. The van der Waals surface area contributed by atoms with Crippen molar-refractivity contribution in [2.75, 3.05) is 0 Å². The third-order valence-electron chi connectivity index (χ3n) is 2.65. The van der Waals surface area contributed by atoms with E-state index in [1.54, 1.807) is 0 Å². The molecule has 1 heterocycles. The van der Waals surface area contributed by atoms with Gasteiger partial charge >= 0.3 is 0 Å². The Kier molecular flexibility index (Phi) is 2.15. The molecule has 75 valence electrons. The third-order valence-corrected chi connectivity index (χ3v) is 2.65. The molecule has 0 atom stereocenters. The van der Waals surface area contributed by atoms with Crippen molar-refractivity contribution in [3.63, 3.8) is 0 Å². The first-order chi connectivity index (χ1) is 7.95. The van der Waals surface area contributed by atoms with Gasteiger partial charge in [0.15, 0.2) is 0 Å². The number of pyridine rings is 1. The molecule has 0 N–H and O–H groups in total. The highest BCUT2D eigenvalue weighted by Crippen LogP contribution is 2.26. The maximum absolute atomic E-state index is 4.39. The second-order valence-corrected chi connectivity index (χ2v) is 3.65. The summed E-state index contributed by atoms with van der Waals surface area (Å²) < 4.78 is 0. The fourth-order valence-electron chi connectivity index (χ4n) is 1.89. The van der Waals surface area contributed by atoms with Gasteiger partial charge in [0.25, 0.3) is 0 Å². The Hall–Kier alpha value is -2.15. The molecule has 0 amide bonds. The molecule has 0 saturated carbocycles. The first-order valence-corrected chi connectivity index (χ1v) is 5.26. The van der Waals surface area contributed by atoms with Crippen molar-refractivity contribution in [1.29, 1.82) is 0 Å². The van der Waals surface area contributed by atoms with Crippen LogP contribution in [0.2, 0.25) is 0 Å². The number of rotatable bonds is 1. The van der Waals surface area contributed by atoms with Crippen molar-refractivity contribution in [3.8, 4) is 11.3 Å². The summed E-state index contributed by atoms with van der Waals surface area (Å²) in [6.45, 7) is 0. The second-order valence-electron chi connectivity index (χ2n) is 3.65. The lowest BCUT2D eigenvalue weighted by Crippen LogP contribution is -1.83. The highest BCUT2D eigenvalue weighted by atomic mass is 14.7. The van der Waals surface area contributed by atoms with Gasteiger partial charge in [0.2, 0.25) is 0 Å². The number of aromatic nitrogens is 1. The fourth-order valence-corrected chi connectivity index (χ4v) is 1.89. The lowest BCUT2D eigenvalue weighted by Gasteiger charge is -2.04. The lowest BCUT2D eigenvalue weighted by atomic mass is 10.0. The van der Waals surface area contributed by atoms with E-state index in [-0.39, 0.29) is 0 Å². The summed E-state index contributed by atoms with van der Waals surface area (Å²) in [7, 11) is 0. The summed E-state index contributed by atoms with van der Waals surface area (Å²) in [4.78, 5) is 4.39. The molecule has 3 aromatic rings. The zero-order chi connectivity index (χ0) is 10.8. The van der Waals surface area contributed by atoms with Gasteiger partial charge in [0.1, 0.15) is 0 Å². The van der Waals surface area contributed by atoms with Crippen LogP contribution in [-0.2, 0) is 0 Å². The summed E-state index contributed by atoms with van der Waals surface area (Å²) in [6, 6.07) is 21.5. The van der Waals surface area contributed by atoms with Crippen molar-refractivity contribution >= 4 is 10.8 Å². The molecule has 0 spiro atoms. The Bertz CT molecular complexity index is 609. The normalized spacial score (nSPS) is 10.5. The molecule has 1 heteroatoms. The molecule has 0 saturated heterocycles. The van der Waals surface area contributed by atoms with Crippen LogP contribution in [0.1, 0.15) is 0 Å². The number of nitrogens with zero attached hydrogens (tertiary/aromatic N) is 1. The van der Waals surface area contributed by atoms with E-state index >= 15 is 0 Å². The summed E-state index contributed by atoms with van der Waals surface area (Å²) in [5.41, 5.74) is 2.17. The van der Waals surface area contributed by atoms with Crippen molar-refractivity contribution in [2.24, 2.45) is 0 Å². The van der Waals surface area contributed by atoms with E-state index in [4.69, 9.17) is 0 Å². The molecule has 1 nitrogen and oxygen atoms in total. The van der Waals surface area contributed by atoms with Crippen LogP contribution in [0.25, 0.3) is 22.0 Å². The van der Waals surface area contributed by atoms with Gasteiger partial charge in [-0.3, -0.25) is 4.98 Å². The molecule has 2 aromatic carbocycles. The minimum Gasteiger partial charge on any atom is -0.256 e. The van der Waals surface area contributed by atoms with Gasteiger partial charge in [0.05, 0.1) is 5.69 Å². The van der Waals surface area contributed by atoms with Crippen LogP contribution in [0.15, 0.2) is 60.8 Å². The van der Waals surface area contributed by atoms with E-state index in [2.05, 4.69) is 29.2 Å². The monoisotopic (exact) mass is 204 g/mol. The predicted octanol–water partition coefficient (Wildman–Crippen LogP) is 3.70. The molecule has 3 rings (SSSR count). The maximum Gasteiger partial charge on any atom is 0.0708 e. The van der Waals surface area contributed by atoms with Gasteiger partial charge in [-0.2, -0.15) is 0 Å². The molecule has 16 heavy (non-hydrogen) atoms. The van der Waals surface area contributed by atoms with E-state index in [0.717, 1.165) is 16.6 Å². The Morgan fingerprint density at radius 2 is 1.75 bits per heavy atom. The Morgan fingerprint density at radius 3 is 2.62 bits per heavy atom. The molecule has 0 bridgehead atoms. The summed E-state index contributed by atoms with van der Waals surface area (Å²) in [6.07, 6.45) is 1.82. The van der Waals surface area contributed by atoms with Crippen LogP contribution < -0.4 is 0 Å². The van der Waals surface area contributed by atoms with Gasteiger partial charge in [-0.1, -0.05) is 42.5 Å². The quantitative estimate of drug-likeness (QED) is 0.589. The zero-order valence-corrected chi connectivity index (χ0v) is 8.72. The average molecular weight is 204 g/mol. The number of hydrogen-bond acceptors (Lipinski definition) is 1. The van der Waals surface area contributed by atoms with Crippen LogP contribution in [-0.4, -0.2) is 4.98 Å². The Labute approximate surface area is 94.4 Å². The van der Waals surface area contributed by atoms with Crippen LogP contribution in [0, 0.1) is 6.07 Å². The molecular weight excluding hydrogens is 194 g/mol. The van der Waals surface area contributed by atoms with E-state index in [9.17, 15) is 0 Å². The van der Waals surface area contributed by atoms with Gasteiger partial charge in [0, 0.05) is 11.8 Å². The van der Waals surface area contributed by atoms with Crippen LogP contribution in [0.3, 0.4) is 0 Å². The van der Waals surface area contributed by atoms with Crippen molar-refractivity contribution in [2.45, 2.75) is 0 Å². The summed E-state index contributed by atoms with van der Waals surface area (Å²) in [5.74, 6) is 0. The molecule has 1 aromatic heterocycles. The first kappa shape index (κ1) is 9.10. The van der Waals surface area contributed by atoms with Crippen molar-refractivity contribution < 1.29 is 0 Å². The Morgan fingerprint density at radius 1 is 0.875 bits per heavy atom. The van der Waals surface area contributed by atoms with Gasteiger partial charge in [-0.05, 0) is 29.0 Å². The largest absolute Gasteiger partial charge is 0.256 e. The average Bonchev–Trinajstić information content (AvgIpc) is 2.39. The van der Waals surface area contributed by atoms with Crippen LogP contribution in [0.4, 0.5) is 0 Å². The van der Waals surface area contributed by atoms with Crippen molar-refractivity contribution in [3.05, 3.63) is 66.9 Å². The lowest BCUT2D eigenvalue weighted by molar-refractivity contribution is 1.33. The second kappa shape index (κ2) is 3.78. The standard InChI is InChI=1S/C15H10N/c1-2-8-13-12(6-1)7-5-9-14(13)15-10-3-4-11-16-15/h1-6,8-11H. The topological polar surface area (TPSA) is 12.9 Å². The van der Waals surface area contributed by atoms with E-state index in [1.165, 1.54) is 5.39 Å². The highest BCUT2D eigenvalue weighted by molar-refractivity contribution is 5.95. The van der Waals surface area contributed by atoms with E-state index < -0.39 is 0 Å². The van der Waals surface area contributed by atoms with E-state index in [1.807, 2.05) is 42.6 Å². The predicted molar refractivity (Wildman–Crippen MR) is 66.0 cm³/mol. The van der Waals surface area contributed by atoms with E-state index in [0.29, 0.717) is 0 Å². The minimum atomic E-state index is 1.01. The molecule has 1 radical (unpaired) electrons. The first-order valence-electron chi connectivity index (χ1n) is 5.26.